The Bertz CT molecular complexity index is 763. The number of nitrogens with zero attached hydrogens (tertiary/aromatic N) is 4. The van der Waals surface area contributed by atoms with Gasteiger partial charge in [-0.25, -0.2) is 4.79 Å². The Morgan fingerprint density at radius 2 is 2.16 bits per heavy atom. The maximum Gasteiger partial charge on any atom is 0.418 e. The molecule has 2 N–H and O–H groups in total. The van der Waals surface area contributed by atoms with E-state index in [1.54, 1.807) is 4.90 Å². The number of hydrogen-bond donors (Lipinski definition) is 2. The van der Waals surface area contributed by atoms with Crippen LogP contribution >= 0.6 is 11.3 Å². The monoisotopic (exact) mass is 389 g/mol. The van der Waals surface area contributed by atoms with Gasteiger partial charge in [0.25, 0.3) is 0 Å². The lowest BCUT2D eigenvalue weighted by molar-refractivity contribution is -0.0317. The summed E-state index contributed by atoms with van der Waals surface area (Å²) >= 11 is 1.51. The quantitative estimate of drug-likeness (QED) is 0.692. The highest BCUT2D eigenvalue weighted by Crippen LogP contribution is 2.39. The normalized spacial score (nSPS) is 29.6. The van der Waals surface area contributed by atoms with Crippen LogP contribution in [-0.2, 0) is 21.1 Å². The lowest BCUT2D eigenvalue weighted by Crippen LogP contribution is -2.35. The fraction of sp³-hybridized carbons (Fsp3) is 0.769. The zero-order chi connectivity index (χ0) is 17.6. The molecule has 1 aromatic rings. The zero-order valence-electron chi connectivity index (χ0n) is 13.4. The largest absolute Gasteiger partial charge is 0.418 e. The first-order chi connectivity index (χ1) is 11.9. The lowest BCUT2D eigenvalue weighted by Gasteiger charge is -2.28. The number of amides is 2. The second-order valence-electron chi connectivity index (χ2n) is 6.61. The van der Waals surface area contributed by atoms with Crippen LogP contribution in [0.25, 0.3) is 0 Å². The topological polar surface area (TPSA) is 125 Å². The van der Waals surface area contributed by atoms with E-state index in [9.17, 15) is 13.2 Å². The lowest BCUT2D eigenvalue weighted by atomic mass is 10.0. The number of rotatable bonds is 5. The van der Waals surface area contributed by atoms with Crippen LogP contribution in [0.5, 0.6) is 0 Å². The highest BCUT2D eigenvalue weighted by molar-refractivity contribution is 7.80. The summed E-state index contributed by atoms with van der Waals surface area (Å²) < 4.78 is 35.2. The molecule has 1 aromatic heterocycles. The minimum Gasteiger partial charge on any atom is -0.316 e. The predicted octanol–water partition coefficient (Wildman–Crippen LogP) is 0.366. The van der Waals surface area contributed by atoms with Crippen molar-refractivity contribution in [1.29, 1.82) is 0 Å². The van der Waals surface area contributed by atoms with Gasteiger partial charge in [-0.1, -0.05) is 11.3 Å². The fourth-order valence-corrected chi connectivity index (χ4v) is 5.20. The van der Waals surface area contributed by atoms with E-state index in [4.69, 9.17) is 4.55 Å². The van der Waals surface area contributed by atoms with Crippen molar-refractivity contribution in [3.05, 3.63) is 10.0 Å². The molecule has 4 heterocycles. The van der Waals surface area contributed by atoms with Crippen LogP contribution in [-0.4, -0.2) is 64.8 Å². The molecule has 3 aliphatic rings. The SMILES string of the molecule is O=C1N2C[C@H](CC[C@H]2c2nnc(C[C@@H]3CCNC3)s2)N1OS(=O)(=O)O. The van der Waals surface area contributed by atoms with Gasteiger partial charge in [-0.2, -0.15) is 13.5 Å². The first-order valence-corrected chi connectivity index (χ1v) is 10.4. The van der Waals surface area contributed by atoms with E-state index in [1.165, 1.54) is 11.3 Å². The van der Waals surface area contributed by atoms with Gasteiger partial charge in [-0.05, 0) is 38.3 Å². The molecule has 4 rings (SSSR count). The van der Waals surface area contributed by atoms with Crippen LogP contribution in [0.1, 0.15) is 35.3 Å². The molecule has 25 heavy (non-hydrogen) atoms. The summed E-state index contributed by atoms with van der Waals surface area (Å²) in [5, 5.41) is 14.3. The molecular weight excluding hydrogens is 370 g/mol. The van der Waals surface area contributed by atoms with Gasteiger partial charge in [0.05, 0.1) is 12.1 Å². The average Bonchev–Trinajstić information content (AvgIpc) is 3.26. The van der Waals surface area contributed by atoms with Crippen molar-refractivity contribution in [1.82, 2.24) is 25.5 Å². The fourth-order valence-electron chi connectivity index (χ4n) is 3.71. The molecule has 2 amide bonds. The highest BCUT2D eigenvalue weighted by atomic mass is 32.3. The van der Waals surface area contributed by atoms with Gasteiger partial charge in [0.1, 0.15) is 10.0 Å². The third kappa shape index (κ3) is 3.49. The predicted molar refractivity (Wildman–Crippen MR) is 86.9 cm³/mol. The van der Waals surface area contributed by atoms with Crippen LogP contribution in [0.15, 0.2) is 0 Å². The molecule has 0 unspecified atom stereocenters. The minimum atomic E-state index is -4.72. The number of urea groups is 1. The zero-order valence-corrected chi connectivity index (χ0v) is 15.0. The number of piperidine rings is 1. The van der Waals surface area contributed by atoms with Crippen molar-refractivity contribution in [2.24, 2.45) is 5.92 Å². The summed E-state index contributed by atoms with van der Waals surface area (Å²) in [6.45, 7) is 2.37. The number of carbonyl (C=O) groups is 1. The maximum atomic E-state index is 12.4. The van der Waals surface area contributed by atoms with Crippen molar-refractivity contribution in [3.63, 3.8) is 0 Å². The van der Waals surface area contributed by atoms with Crippen molar-refractivity contribution in [2.45, 2.75) is 37.8 Å². The molecule has 0 saturated carbocycles. The van der Waals surface area contributed by atoms with Gasteiger partial charge in [0, 0.05) is 13.0 Å². The molecule has 3 fully saturated rings. The molecule has 0 radical (unpaired) electrons. The molecule has 3 saturated heterocycles. The number of nitrogens with one attached hydrogen (secondary N) is 1. The third-order valence-corrected chi connectivity index (χ3v) is 6.29. The molecule has 2 bridgehead atoms. The van der Waals surface area contributed by atoms with E-state index >= 15 is 0 Å². The van der Waals surface area contributed by atoms with Crippen LogP contribution in [0.4, 0.5) is 4.79 Å². The van der Waals surface area contributed by atoms with Crippen molar-refractivity contribution in [2.75, 3.05) is 19.6 Å². The van der Waals surface area contributed by atoms with E-state index in [-0.39, 0.29) is 12.1 Å². The Morgan fingerprint density at radius 3 is 2.88 bits per heavy atom. The van der Waals surface area contributed by atoms with Gasteiger partial charge in [-0.3, -0.25) is 4.55 Å². The smallest absolute Gasteiger partial charge is 0.316 e. The van der Waals surface area contributed by atoms with Crippen molar-refractivity contribution < 1.29 is 22.0 Å². The Hall–Kier alpha value is -1.34. The standard InChI is InChI=1S/C13H19N5O5S2/c19-13-17-7-9(18(13)23-25(20,21)22)1-2-10(17)12-16-15-11(24-12)5-8-3-4-14-6-8/h8-10,14H,1-7H2,(H,20,21,22)/t8-,9-,10-/m0/s1. The number of aromatic nitrogens is 2. The Balaban J connectivity index is 1.47. The van der Waals surface area contributed by atoms with Crippen LogP contribution in [0.2, 0.25) is 0 Å². The minimum absolute atomic E-state index is 0.230. The van der Waals surface area contributed by atoms with Crippen LogP contribution in [0, 0.1) is 5.92 Å². The summed E-state index contributed by atoms with van der Waals surface area (Å²) in [5.74, 6) is 0.573. The molecule has 3 aliphatic heterocycles. The van der Waals surface area contributed by atoms with Crippen LogP contribution < -0.4 is 5.32 Å². The van der Waals surface area contributed by atoms with Gasteiger partial charge in [-0.15, -0.1) is 14.5 Å². The first kappa shape index (κ1) is 17.1. The summed E-state index contributed by atoms with van der Waals surface area (Å²) in [6, 6.07) is -1.18. The number of hydrogen-bond acceptors (Lipinski definition) is 8. The molecule has 138 valence electrons. The summed E-state index contributed by atoms with van der Waals surface area (Å²) in [7, 11) is -4.72. The second-order valence-corrected chi connectivity index (χ2v) is 8.71. The third-order valence-electron chi connectivity index (χ3n) is 4.89. The van der Waals surface area contributed by atoms with E-state index in [2.05, 4.69) is 19.8 Å². The molecular formula is C13H19N5O5S2. The number of hydroxylamine groups is 2. The van der Waals surface area contributed by atoms with E-state index < -0.39 is 16.4 Å². The van der Waals surface area contributed by atoms with E-state index in [0.717, 1.165) is 41.0 Å². The number of fused-ring (bicyclic) bond motifs is 2. The summed E-state index contributed by atoms with van der Waals surface area (Å²) in [4.78, 5) is 14.0. The molecule has 3 atom stereocenters. The molecule has 0 aliphatic carbocycles. The van der Waals surface area contributed by atoms with Gasteiger partial charge in [0.15, 0.2) is 0 Å². The van der Waals surface area contributed by atoms with Gasteiger partial charge in [0.2, 0.25) is 0 Å². The highest BCUT2D eigenvalue weighted by Gasteiger charge is 2.48. The molecule has 12 heteroatoms. The Labute approximate surface area is 149 Å². The van der Waals surface area contributed by atoms with Crippen molar-refractivity contribution >= 4 is 27.8 Å². The Kier molecular flexibility index (Phi) is 4.40. The average molecular weight is 389 g/mol. The van der Waals surface area contributed by atoms with Crippen molar-refractivity contribution in [3.8, 4) is 0 Å². The summed E-state index contributed by atoms with van der Waals surface area (Å²) in [6.07, 6.45) is 3.24. The summed E-state index contributed by atoms with van der Waals surface area (Å²) in [5.41, 5.74) is 0. The number of carbonyl (C=O) groups excluding carboxylic acids is 1. The molecule has 0 spiro atoms. The molecule has 0 aromatic carbocycles. The van der Waals surface area contributed by atoms with E-state index in [1.807, 2.05) is 0 Å². The van der Waals surface area contributed by atoms with Crippen LogP contribution in [0.3, 0.4) is 0 Å². The maximum absolute atomic E-state index is 12.4. The molecule has 10 nitrogen and oxygen atoms in total. The first-order valence-electron chi connectivity index (χ1n) is 8.20. The van der Waals surface area contributed by atoms with Gasteiger partial charge >= 0.3 is 16.4 Å². The van der Waals surface area contributed by atoms with E-state index in [0.29, 0.717) is 25.3 Å². The second kappa shape index (κ2) is 6.43. The Morgan fingerprint density at radius 1 is 1.32 bits per heavy atom. The van der Waals surface area contributed by atoms with Gasteiger partial charge < -0.3 is 10.2 Å².